The van der Waals surface area contributed by atoms with Gasteiger partial charge in [0.05, 0.1) is 0 Å². The molecular formula is C9H6FNO. The van der Waals surface area contributed by atoms with Gasteiger partial charge < -0.3 is 5.32 Å². The maximum atomic E-state index is 12.7. The van der Waals surface area contributed by atoms with Crippen LogP contribution in [-0.2, 0) is 4.79 Å². The Morgan fingerprint density at radius 3 is 2.92 bits per heavy atom. The zero-order chi connectivity index (χ0) is 8.72. The molecule has 3 heteroatoms. The highest BCUT2D eigenvalue weighted by molar-refractivity contribution is 6.30. The Bertz CT molecular complexity index is 384. The van der Waals surface area contributed by atoms with Crippen LogP contribution in [0, 0.1) is 5.82 Å². The summed E-state index contributed by atoms with van der Waals surface area (Å²) in [6.45, 7) is 3.54. The average molecular weight is 163 g/mol. The smallest absolute Gasteiger partial charge is 0.255 e. The Morgan fingerprint density at radius 2 is 2.17 bits per heavy atom. The number of nitrogens with one attached hydrogen (secondary N) is 1. The summed E-state index contributed by atoms with van der Waals surface area (Å²) in [5.41, 5.74) is 1.51. The van der Waals surface area contributed by atoms with E-state index in [1.165, 1.54) is 18.2 Å². The molecule has 1 aliphatic rings. The van der Waals surface area contributed by atoms with Gasteiger partial charge in [0.15, 0.2) is 0 Å². The number of rotatable bonds is 0. The zero-order valence-electron chi connectivity index (χ0n) is 6.23. The standard InChI is InChI=1S/C9H6FNO/c1-5-7-4-6(10)2-3-8(7)11-9(5)12/h2-4H,1H2,(H,11,12). The molecule has 2 rings (SSSR count). The zero-order valence-corrected chi connectivity index (χ0v) is 6.23. The van der Waals surface area contributed by atoms with Gasteiger partial charge >= 0.3 is 0 Å². The number of halogens is 1. The number of carbonyl (C=O) groups excluding carboxylic acids is 1. The Morgan fingerprint density at radius 1 is 1.42 bits per heavy atom. The van der Waals surface area contributed by atoms with Gasteiger partial charge in [-0.1, -0.05) is 6.58 Å². The van der Waals surface area contributed by atoms with Crippen molar-refractivity contribution in [2.24, 2.45) is 0 Å². The van der Waals surface area contributed by atoms with E-state index in [4.69, 9.17) is 0 Å². The number of hydrogen-bond acceptors (Lipinski definition) is 1. The summed E-state index contributed by atoms with van der Waals surface area (Å²) in [6.07, 6.45) is 0. The van der Waals surface area contributed by atoms with Gasteiger partial charge in [-0.2, -0.15) is 0 Å². The molecule has 1 aliphatic heterocycles. The fraction of sp³-hybridized carbons (Fsp3) is 0. The molecule has 0 saturated carbocycles. The van der Waals surface area contributed by atoms with Crippen molar-refractivity contribution in [3.63, 3.8) is 0 Å². The predicted octanol–water partition coefficient (Wildman–Crippen LogP) is 1.79. The van der Waals surface area contributed by atoms with Gasteiger partial charge in [-0.25, -0.2) is 4.39 Å². The molecule has 60 valence electrons. The molecule has 2 nitrogen and oxygen atoms in total. The van der Waals surface area contributed by atoms with Crippen LogP contribution in [0.2, 0.25) is 0 Å². The minimum absolute atomic E-state index is 0.254. The van der Waals surface area contributed by atoms with Crippen molar-refractivity contribution in [1.82, 2.24) is 0 Å². The van der Waals surface area contributed by atoms with Crippen molar-refractivity contribution >= 4 is 17.2 Å². The largest absolute Gasteiger partial charge is 0.321 e. The van der Waals surface area contributed by atoms with E-state index >= 15 is 0 Å². The predicted molar refractivity (Wildman–Crippen MR) is 44.1 cm³/mol. The number of carbonyl (C=O) groups is 1. The first-order valence-corrected chi connectivity index (χ1v) is 3.48. The fourth-order valence-electron chi connectivity index (χ4n) is 1.20. The van der Waals surface area contributed by atoms with Gasteiger partial charge in [0.25, 0.3) is 5.91 Å². The molecular weight excluding hydrogens is 157 g/mol. The molecule has 0 aromatic heterocycles. The van der Waals surface area contributed by atoms with Gasteiger partial charge in [-0.05, 0) is 18.2 Å². The van der Waals surface area contributed by atoms with Crippen molar-refractivity contribution in [2.45, 2.75) is 0 Å². The van der Waals surface area contributed by atoms with Gasteiger partial charge in [0, 0.05) is 16.8 Å². The Kier molecular flexibility index (Phi) is 1.27. The van der Waals surface area contributed by atoms with Crippen LogP contribution in [0.3, 0.4) is 0 Å². The maximum Gasteiger partial charge on any atom is 0.255 e. The Balaban J connectivity index is 2.63. The van der Waals surface area contributed by atoms with E-state index in [0.29, 0.717) is 16.8 Å². The van der Waals surface area contributed by atoms with Gasteiger partial charge in [0.2, 0.25) is 0 Å². The first-order valence-electron chi connectivity index (χ1n) is 3.48. The molecule has 1 N–H and O–H groups in total. The van der Waals surface area contributed by atoms with Crippen LogP contribution in [0.25, 0.3) is 5.57 Å². The van der Waals surface area contributed by atoms with Crippen molar-refractivity contribution in [3.8, 4) is 0 Å². The highest BCUT2D eigenvalue weighted by atomic mass is 19.1. The summed E-state index contributed by atoms with van der Waals surface area (Å²) in [5, 5.41) is 2.57. The highest BCUT2D eigenvalue weighted by Gasteiger charge is 2.21. The number of hydrogen-bond donors (Lipinski definition) is 1. The summed E-state index contributed by atoms with van der Waals surface area (Å²) >= 11 is 0. The molecule has 1 heterocycles. The number of anilines is 1. The third kappa shape index (κ3) is 0.830. The first-order chi connectivity index (χ1) is 5.68. The molecule has 0 fully saturated rings. The van der Waals surface area contributed by atoms with Gasteiger partial charge in [-0.3, -0.25) is 4.79 Å². The van der Waals surface area contributed by atoms with Crippen LogP contribution >= 0.6 is 0 Å². The van der Waals surface area contributed by atoms with Gasteiger partial charge in [-0.15, -0.1) is 0 Å². The topological polar surface area (TPSA) is 29.1 Å². The SMILES string of the molecule is C=C1C(=O)Nc2ccc(F)cc21. The van der Waals surface area contributed by atoms with Crippen LogP contribution in [0.5, 0.6) is 0 Å². The lowest BCUT2D eigenvalue weighted by atomic mass is 10.1. The number of fused-ring (bicyclic) bond motifs is 1. The van der Waals surface area contributed by atoms with E-state index in [1.807, 2.05) is 0 Å². The molecule has 1 aromatic rings. The second-order valence-electron chi connectivity index (χ2n) is 2.62. The molecule has 1 amide bonds. The second kappa shape index (κ2) is 2.17. The fourth-order valence-corrected chi connectivity index (χ4v) is 1.20. The van der Waals surface area contributed by atoms with Crippen LogP contribution in [0.1, 0.15) is 5.56 Å². The van der Waals surface area contributed by atoms with Crippen molar-refractivity contribution in [1.29, 1.82) is 0 Å². The summed E-state index contributed by atoms with van der Waals surface area (Å²) in [7, 11) is 0. The van der Waals surface area contributed by atoms with Crippen LogP contribution < -0.4 is 5.32 Å². The molecule has 1 aromatic carbocycles. The summed E-state index contributed by atoms with van der Waals surface area (Å²) in [6, 6.07) is 4.13. The van der Waals surface area contributed by atoms with Crippen LogP contribution in [0.15, 0.2) is 24.8 Å². The lowest BCUT2D eigenvalue weighted by Gasteiger charge is -1.95. The molecule has 0 saturated heterocycles. The third-order valence-corrected chi connectivity index (χ3v) is 1.83. The summed E-state index contributed by atoms with van der Waals surface area (Å²) in [4.78, 5) is 11.0. The average Bonchev–Trinajstić information content (AvgIpc) is 2.31. The molecule has 0 radical (unpaired) electrons. The molecule has 0 unspecified atom stereocenters. The maximum absolute atomic E-state index is 12.7. The molecule has 12 heavy (non-hydrogen) atoms. The molecule has 0 atom stereocenters. The Labute approximate surface area is 68.7 Å². The summed E-state index contributed by atoms with van der Waals surface area (Å²) in [5.74, 6) is -0.609. The highest BCUT2D eigenvalue weighted by Crippen LogP contribution is 2.30. The van der Waals surface area contributed by atoms with Crippen molar-refractivity contribution in [3.05, 3.63) is 36.2 Å². The van der Waals surface area contributed by atoms with E-state index in [1.54, 1.807) is 0 Å². The van der Waals surface area contributed by atoms with Crippen molar-refractivity contribution < 1.29 is 9.18 Å². The molecule has 0 aliphatic carbocycles. The quantitative estimate of drug-likeness (QED) is 0.580. The second-order valence-corrected chi connectivity index (χ2v) is 2.62. The van der Waals surface area contributed by atoms with E-state index in [2.05, 4.69) is 11.9 Å². The third-order valence-electron chi connectivity index (χ3n) is 1.83. The lowest BCUT2D eigenvalue weighted by molar-refractivity contribution is -0.110. The monoisotopic (exact) mass is 163 g/mol. The van der Waals surface area contributed by atoms with Crippen molar-refractivity contribution in [2.75, 3.05) is 5.32 Å². The normalized spacial score (nSPS) is 14.4. The van der Waals surface area contributed by atoms with Crippen LogP contribution in [-0.4, -0.2) is 5.91 Å². The Hall–Kier alpha value is -1.64. The summed E-state index contributed by atoms with van der Waals surface area (Å²) < 4.78 is 12.7. The minimum Gasteiger partial charge on any atom is -0.321 e. The van der Waals surface area contributed by atoms with E-state index in [-0.39, 0.29) is 11.7 Å². The number of amides is 1. The van der Waals surface area contributed by atoms with Gasteiger partial charge in [0.1, 0.15) is 5.82 Å². The minimum atomic E-state index is -0.355. The first kappa shape index (κ1) is 7.03. The van der Waals surface area contributed by atoms with Crippen LogP contribution in [0.4, 0.5) is 10.1 Å². The van der Waals surface area contributed by atoms with E-state index < -0.39 is 0 Å². The molecule has 0 bridgehead atoms. The lowest BCUT2D eigenvalue weighted by Crippen LogP contribution is -2.02. The molecule has 0 spiro atoms. The van der Waals surface area contributed by atoms with E-state index in [9.17, 15) is 9.18 Å². The van der Waals surface area contributed by atoms with E-state index in [0.717, 1.165) is 0 Å². The number of benzene rings is 1.